The lowest BCUT2D eigenvalue weighted by Crippen LogP contribution is -2.07. The van der Waals surface area contributed by atoms with E-state index >= 15 is 0 Å². The molecule has 0 fully saturated rings. The first kappa shape index (κ1) is 10.2. The third kappa shape index (κ3) is 2.00. The Kier molecular flexibility index (Phi) is 2.55. The molecule has 2 aromatic rings. The van der Waals surface area contributed by atoms with Gasteiger partial charge in [-0.1, -0.05) is 18.2 Å². The zero-order valence-electron chi connectivity index (χ0n) is 8.31. The van der Waals surface area contributed by atoms with Crippen molar-refractivity contribution in [3.63, 3.8) is 0 Å². The van der Waals surface area contributed by atoms with Crippen LogP contribution >= 0.6 is 0 Å². The molecule has 1 heterocycles. The Morgan fingerprint density at radius 3 is 2.81 bits per heavy atom. The zero-order chi connectivity index (χ0) is 11.5. The van der Waals surface area contributed by atoms with Gasteiger partial charge in [-0.15, -0.1) is 0 Å². The summed E-state index contributed by atoms with van der Waals surface area (Å²) in [6.45, 7) is 0. The molecule has 4 nitrogen and oxygen atoms in total. The summed E-state index contributed by atoms with van der Waals surface area (Å²) in [5.41, 5.74) is 0.259. The maximum Gasteiger partial charge on any atom is 0.328 e. The first-order chi connectivity index (χ1) is 7.66. The van der Waals surface area contributed by atoms with E-state index in [-0.39, 0.29) is 5.56 Å². The summed E-state index contributed by atoms with van der Waals surface area (Å²) >= 11 is 0. The normalized spacial score (nSPS) is 11.0. The summed E-state index contributed by atoms with van der Waals surface area (Å²) in [4.78, 5) is 24.5. The third-order valence-corrected chi connectivity index (χ3v) is 2.18. The molecule has 0 atom stereocenters. The third-order valence-electron chi connectivity index (χ3n) is 2.18. The highest BCUT2D eigenvalue weighted by atomic mass is 16.4. The van der Waals surface area contributed by atoms with Crippen LogP contribution in [0.3, 0.4) is 0 Å². The van der Waals surface area contributed by atoms with Crippen molar-refractivity contribution < 1.29 is 9.90 Å². The van der Waals surface area contributed by atoms with Crippen LogP contribution < -0.4 is 5.56 Å². The molecule has 2 N–H and O–H groups in total. The van der Waals surface area contributed by atoms with Crippen molar-refractivity contribution in [2.24, 2.45) is 0 Å². The molecule has 0 spiro atoms. The molecule has 0 aliphatic carbocycles. The van der Waals surface area contributed by atoms with E-state index in [2.05, 4.69) is 4.98 Å². The molecule has 0 aliphatic heterocycles. The minimum absolute atomic E-state index is 0.219. The molecule has 1 aromatic heterocycles. The van der Waals surface area contributed by atoms with Crippen molar-refractivity contribution in [1.82, 2.24) is 4.98 Å². The number of aliphatic carboxylic acids is 1. The van der Waals surface area contributed by atoms with Crippen molar-refractivity contribution in [2.75, 3.05) is 0 Å². The van der Waals surface area contributed by atoms with E-state index < -0.39 is 5.97 Å². The summed E-state index contributed by atoms with van der Waals surface area (Å²) < 4.78 is 0. The number of benzene rings is 1. The number of nitrogens with one attached hydrogen (secondary N) is 1. The van der Waals surface area contributed by atoms with Gasteiger partial charge in [-0.25, -0.2) is 4.79 Å². The monoisotopic (exact) mass is 215 g/mol. The van der Waals surface area contributed by atoms with Crippen molar-refractivity contribution in [3.8, 4) is 0 Å². The second-order valence-electron chi connectivity index (χ2n) is 3.31. The average molecular weight is 215 g/mol. The smallest absolute Gasteiger partial charge is 0.328 e. The van der Waals surface area contributed by atoms with E-state index in [1.807, 2.05) is 12.1 Å². The molecule has 0 radical (unpaired) electrons. The van der Waals surface area contributed by atoms with Gasteiger partial charge in [0.2, 0.25) is 0 Å². The highest BCUT2D eigenvalue weighted by Crippen LogP contribution is 2.10. The van der Waals surface area contributed by atoms with Crippen LogP contribution in [0.25, 0.3) is 16.8 Å². The van der Waals surface area contributed by atoms with E-state index in [0.29, 0.717) is 11.1 Å². The number of carboxylic acids is 1. The molecule has 4 heteroatoms. The van der Waals surface area contributed by atoms with Gasteiger partial charge in [0.15, 0.2) is 0 Å². The highest BCUT2D eigenvalue weighted by molar-refractivity contribution is 5.87. The van der Waals surface area contributed by atoms with Gasteiger partial charge in [0.05, 0.1) is 0 Å². The van der Waals surface area contributed by atoms with Crippen LogP contribution in [0.5, 0.6) is 0 Å². The van der Waals surface area contributed by atoms with E-state index in [1.165, 1.54) is 6.08 Å². The topological polar surface area (TPSA) is 70.2 Å². The maximum absolute atomic E-state index is 11.6. The fraction of sp³-hybridized carbons (Fsp3) is 0. The van der Waals surface area contributed by atoms with Crippen molar-refractivity contribution in [1.29, 1.82) is 0 Å². The largest absolute Gasteiger partial charge is 0.478 e. The SMILES string of the molecule is O=C(O)C=Cc1cc2ccccc2c(=O)[nH]1. The maximum atomic E-state index is 11.6. The van der Waals surface area contributed by atoms with E-state index in [9.17, 15) is 9.59 Å². The number of hydrogen-bond acceptors (Lipinski definition) is 2. The van der Waals surface area contributed by atoms with Crippen molar-refractivity contribution in [2.45, 2.75) is 0 Å². The summed E-state index contributed by atoms with van der Waals surface area (Å²) in [6, 6.07) is 8.87. The summed E-state index contributed by atoms with van der Waals surface area (Å²) in [5, 5.41) is 9.86. The molecule has 2 rings (SSSR count). The molecule has 16 heavy (non-hydrogen) atoms. The van der Waals surface area contributed by atoms with Gasteiger partial charge in [0.25, 0.3) is 5.56 Å². The molecule has 0 saturated heterocycles. The Hall–Kier alpha value is -2.36. The average Bonchev–Trinajstić information content (AvgIpc) is 2.26. The van der Waals surface area contributed by atoms with E-state index in [4.69, 9.17) is 5.11 Å². The van der Waals surface area contributed by atoms with Crippen LogP contribution in [0.4, 0.5) is 0 Å². The van der Waals surface area contributed by atoms with Gasteiger partial charge in [-0.3, -0.25) is 4.79 Å². The fourth-order valence-electron chi connectivity index (χ4n) is 1.48. The second-order valence-corrected chi connectivity index (χ2v) is 3.31. The van der Waals surface area contributed by atoms with Gasteiger partial charge < -0.3 is 10.1 Å². The molecule has 1 aromatic carbocycles. The molecule has 0 bridgehead atoms. The van der Waals surface area contributed by atoms with Gasteiger partial charge in [-0.2, -0.15) is 0 Å². The number of pyridine rings is 1. The van der Waals surface area contributed by atoms with Crippen LogP contribution in [-0.4, -0.2) is 16.1 Å². The number of aromatic amines is 1. The summed E-state index contributed by atoms with van der Waals surface area (Å²) in [7, 11) is 0. The van der Waals surface area contributed by atoms with Gasteiger partial charge >= 0.3 is 5.97 Å². The number of carbonyl (C=O) groups is 1. The Labute approximate surface area is 90.9 Å². The molecule has 0 aliphatic rings. The Morgan fingerprint density at radius 1 is 1.31 bits per heavy atom. The van der Waals surface area contributed by atoms with Gasteiger partial charge in [-0.05, 0) is 23.6 Å². The first-order valence-corrected chi connectivity index (χ1v) is 4.70. The van der Waals surface area contributed by atoms with Crippen LogP contribution in [0.2, 0.25) is 0 Å². The molecule has 0 saturated carbocycles. The highest BCUT2D eigenvalue weighted by Gasteiger charge is 1.99. The number of hydrogen-bond donors (Lipinski definition) is 2. The summed E-state index contributed by atoms with van der Waals surface area (Å²) in [5.74, 6) is -1.05. The summed E-state index contributed by atoms with van der Waals surface area (Å²) in [6.07, 6.45) is 2.34. The number of carboxylic acid groups (broad SMARTS) is 1. The Balaban J connectivity index is 2.58. The predicted molar refractivity (Wildman–Crippen MR) is 61.2 cm³/mol. The van der Waals surface area contributed by atoms with Gasteiger partial charge in [0, 0.05) is 17.2 Å². The van der Waals surface area contributed by atoms with Gasteiger partial charge in [0.1, 0.15) is 0 Å². The Bertz CT molecular complexity index is 625. The number of rotatable bonds is 2. The van der Waals surface area contributed by atoms with Crippen LogP contribution in [-0.2, 0) is 4.79 Å². The minimum Gasteiger partial charge on any atom is -0.478 e. The number of fused-ring (bicyclic) bond motifs is 1. The zero-order valence-corrected chi connectivity index (χ0v) is 8.31. The van der Waals surface area contributed by atoms with Crippen molar-refractivity contribution in [3.05, 3.63) is 52.5 Å². The lowest BCUT2D eigenvalue weighted by molar-refractivity contribution is -0.131. The van der Waals surface area contributed by atoms with Crippen molar-refractivity contribution >= 4 is 22.8 Å². The van der Waals surface area contributed by atoms with Crippen LogP contribution in [0.1, 0.15) is 5.69 Å². The first-order valence-electron chi connectivity index (χ1n) is 4.70. The standard InChI is InChI=1S/C12H9NO3/c14-11(15)6-5-9-7-8-3-1-2-4-10(8)12(16)13-9/h1-7H,(H,13,16)(H,14,15). The van der Waals surface area contributed by atoms with Crippen LogP contribution in [0, 0.1) is 0 Å². The second kappa shape index (κ2) is 4.02. The minimum atomic E-state index is -1.05. The van der Waals surface area contributed by atoms with E-state index in [1.54, 1.807) is 18.2 Å². The lowest BCUT2D eigenvalue weighted by atomic mass is 10.1. The fourth-order valence-corrected chi connectivity index (χ4v) is 1.48. The molecular weight excluding hydrogens is 206 g/mol. The molecule has 0 amide bonds. The predicted octanol–water partition coefficient (Wildman–Crippen LogP) is 1.63. The van der Waals surface area contributed by atoms with Crippen LogP contribution in [0.15, 0.2) is 41.2 Å². The quantitative estimate of drug-likeness (QED) is 0.748. The van der Waals surface area contributed by atoms with E-state index in [0.717, 1.165) is 11.5 Å². The number of H-pyrrole nitrogens is 1. The molecular formula is C12H9NO3. The molecule has 0 unspecified atom stereocenters. The molecule has 80 valence electrons. The Morgan fingerprint density at radius 2 is 2.06 bits per heavy atom. The number of aromatic nitrogens is 1. The lowest BCUT2D eigenvalue weighted by Gasteiger charge is -1.98.